The summed E-state index contributed by atoms with van der Waals surface area (Å²) in [7, 11) is 0. The quantitative estimate of drug-likeness (QED) is 0.236. The summed E-state index contributed by atoms with van der Waals surface area (Å²) in [5, 5.41) is 29.1. The molecule has 192 valence electrons. The van der Waals surface area contributed by atoms with Crippen LogP contribution in [0.15, 0.2) is 72.8 Å². The van der Waals surface area contributed by atoms with Gasteiger partial charge in [0.15, 0.2) is 0 Å². The van der Waals surface area contributed by atoms with Crippen LogP contribution in [0, 0.1) is 23.5 Å². The second-order valence-corrected chi connectivity index (χ2v) is 7.10. The monoisotopic (exact) mass is 580 g/mol. The zero-order valence-corrected chi connectivity index (χ0v) is 23.2. The minimum Gasteiger partial charge on any atom is -1.00 e. The molecule has 0 aliphatic rings. The molecule has 36 heavy (non-hydrogen) atoms. The van der Waals surface area contributed by atoms with E-state index < -0.39 is 35.4 Å². The second-order valence-electron chi connectivity index (χ2n) is 7.10. The molecule has 2 atom stereocenters. The molecule has 0 aliphatic heterocycles. The number of ether oxygens (including phenoxy) is 1. The van der Waals surface area contributed by atoms with E-state index in [2.05, 4.69) is 10.8 Å². The predicted molar refractivity (Wildman–Crippen MR) is 127 cm³/mol. The van der Waals surface area contributed by atoms with Crippen LogP contribution in [-0.2, 0) is 15.1 Å². The Balaban J connectivity index is 0. The van der Waals surface area contributed by atoms with Gasteiger partial charge in [-0.1, -0.05) is 24.3 Å². The van der Waals surface area contributed by atoms with Crippen LogP contribution in [0.5, 0.6) is 0 Å². The summed E-state index contributed by atoms with van der Waals surface area (Å²) < 4.78 is 42.2. The van der Waals surface area contributed by atoms with Gasteiger partial charge in [0.2, 0.25) is 0 Å². The first kappa shape index (κ1) is 36.2. The molecule has 5 nitrogen and oxygen atoms in total. The first-order valence-corrected chi connectivity index (χ1v) is 10.4. The molecule has 3 aromatic carbocycles. The van der Waals surface area contributed by atoms with Crippen LogP contribution in [-0.4, -0.2) is 63.2 Å². The zero-order chi connectivity index (χ0) is 25.7. The maximum absolute atomic E-state index is 12.9. The van der Waals surface area contributed by atoms with Crippen molar-refractivity contribution in [3.63, 3.8) is 0 Å². The molecule has 0 unspecified atom stereocenters. The van der Waals surface area contributed by atoms with Gasteiger partial charge >= 0.3 is 29.0 Å². The molecule has 3 rings (SSSR count). The maximum atomic E-state index is 12.9. The summed E-state index contributed by atoms with van der Waals surface area (Å²) in [5.74, 6) is -1.64. The predicted octanol–water partition coefficient (Wildman–Crippen LogP) is 0.761. The largest absolute Gasteiger partial charge is 2.00 e. The molecule has 0 spiro atoms. The van der Waals surface area contributed by atoms with Gasteiger partial charge in [-0.05, 0) is 56.2 Å². The van der Waals surface area contributed by atoms with Crippen molar-refractivity contribution >= 4 is 29.0 Å². The van der Waals surface area contributed by atoms with Gasteiger partial charge < -0.3 is 37.0 Å². The van der Waals surface area contributed by atoms with Crippen LogP contribution >= 0.6 is 0 Å². The Bertz CT molecular complexity index is 943. The summed E-state index contributed by atoms with van der Waals surface area (Å²) >= 11 is 0. The van der Waals surface area contributed by atoms with Crippen molar-refractivity contribution in [3.05, 3.63) is 107 Å². The Morgan fingerprint density at radius 3 is 1.44 bits per heavy atom. The third-order valence-corrected chi connectivity index (χ3v) is 4.48. The summed E-state index contributed by atoms with van der Waals surface area (Å²) in [6.45, 7) is 4.81. The fraction of sp³-hybridized carbons (Fsp3) is 0.269. The number of rotatable bonds is 5. The molecule has 0 amide bonds. The fourth-order valence-electron chi connectivity index (χ4n) is 2.69. The van der Waals surface area contributed by atoms with Crippen molar-refractivity contribution in [2.45, 2.75) is 38.6 Å². The number of hydrogen-bond donors (Lipinski definition) is 3. The van der Waals surface area contributed by atoms with Gasteiger partial charge in [-0.25, -0.2) is 18.0 Å². The number of hydrogen-bond acceptors (Lipinski definition) is 5. The Labute approximate surface area is 235 Å². The van der Waals surface area contributed by atoms with Crippen molar-refractivity contribution < 1.29 is 55.0 Å². The van der Waals surface area contributed by atoms with Crippen molar-refractivity contribution in [3.8, 4) is 0 Å². The van der Waals surface area contributed by atoms with Gasteiger partial charge in [-0.3, -0.25) is 0 Å². The average molecular weight is 582 g/mol. The van der Waals surface area contributed by atoms with Gasteiger partial charge in [-0.2, -0.15) is 18.2 Å². The maximum Gasteiger partial charge on any atom is 2.00 e. The van der Waals surface area contributed by atoms with E-state index in [9.17, 15) is 28.2 Å². The molecule has 0 radical (unpaired) electrons. The van der Waals surface area contributed by atoms with Crippen LogP contribution in [0.2, 0.25) is 0 Å². The van der Waals surface area contributed by atoms with E-state index >= 15 is 0 Å². The van der Waals surface area contributed by atoms with Gasteiger partial charge in [0.1, 0.15) is 23.3 Å². The molecule has 0 saturated heterocycles. The summed E-state index contributed by atoms with van der Waals surface area (Å²) in [6.07, 6.45) is -2.13. The number of esters is 1. The first-order valence-electron chi connectivity index (χ1n) is 10.4. The minimum absolute atomic E-state index is 0. The molecule has 0 saturated carbocycles. The molecular formula is C26H28BrF3MgO5. The number of benzene rings is 3. The standard InChI is InChI=1S/C15H14F2O2.C6H4F.C5H10O3.BrH.Mg/c1-10(18)15(19,11-2-6-13(16)7-3-11)12-4-8-14(17)9-5-12;7-6-4-2-1-3-5-6;1-3-8-5(7)4(2)6;;/h2-10,18-19H,1H3;2-5H;4,6H,3H2,1-2H3;1H;/q;-1;;;+2/p-1/t10-;;4-;;/m0.0../s1. The molecule has 3 aromatic rings. The van der Waals surface area contributed by atoms with Crippen molar-refractivity contribution in [2.24, 2.45) is 0 Å². The van der Waals surface area contributed by atoms with E-state index in [0.29, 0.717) is 17.7 Å². The Morgan fingerprint density at radius 2 is 1.22 bits per heavy atom. The summed E-state index contributed by atoms with van der Waals surface area (Å²) in [4.78, 5) is 10.3. The van der Waals surface area contributed by atoms with Gasteiger partial charge in [0.25, 0.3) is 0 Å². The molecule has 10 heteroatoms. The normalized spacial score (nSPS) is 11.6. The molecule has 0 heterocycles. The van der Waals surface area contributed by atoms with Crippen molar-refractivity contribution in [1.29, 1.82) is 0 Å². The van der Waals surface area contributed by atoms with E-state index in [1.54, 1.807) is 6.92 Å². The third kappa shape index (κ3) is 11.9. The van der Waals surface area contributed by atoms with Crippen LogP contribution in [0.3, 0.4) is 0 Å². The average Bonchev–Trinajstić information content (AvgIpc) is 2.81. The molecular weight excluding hydrogens is 553 g/mol. The van der Waals surface area contributed by atoms with Crippen LogP contribution in [0.25, 0.3) is 0 Å². The van der Waals surface area contributed by atoms with E-state index in [1.165, 1.54) is 86.6 Å². The van der Waals surface area contributed by atoms with Crippen LogP contribution in [0.4, 0.5) is 13.2 Å². The van der Waals surface area contributed by atoms with E-state index in [0.717, 1.165) is 0 Å². The molecule has 0 aliphatic carbocycles. The number of halogens is 4. The van der Waals surface area contributed by atoms with E-state index in [4.69, 9.17) is 5.11 Å². The van der Waals surface area contributed by atoms with Crippen LogP contribution < -0.4 is 17.0 Å². The Morgan fingerprint density at radius 1 is 0.861 bits per heavy atom. The number of aliphatic hydroxyl groups excluding tert-OH is 2. The van der Waals surface area contributed by atoms with Gasteiger partial charge in [0, 0.05) is 5.82 Å². The summed E-state index contributed by atoms with van der Waals surface area (Å²) in [6, 6.07) is 18.9. The van der Waals surface area contributed by atoms with Gasteiger partial charge in [-0.15, -0.1) is 12.1 Å². The fourth-order valence-corrected chi connectivity index (χ4v) is 2.69. The minimum atomic E-state index is -1.71. The number of aliphatic hydroxyl groups is 3. The second kappa shape index (κ2) is 18.3. The number of carbonyl (C=O) groups excluding carboxylic acids is 1. The smallest absolute Gasteiger partial charge is 1.00 e. The van der Waals surface area contributed by atoms with Gasteiger partial charge in [0.05, 0.1) is 12.7 Å². The van der Waals surface area contributed by atoms with Crippen molar-refractivity contribution in [1.82, 2.24) is 0 Å². The zero-order valence-electron chi connectivity index (χ0n) is 20.2. The SMILES string of the molecule is CCOC(=O)[C@H](C)O.C[C@H](O)C(O)(c1ccc(F)cc1)c1ccc(F)cc1.Fc1cc[c-]cc1.[Br-].[Mg+2]. The molecule has 0 aromatic heterocycles. The Hall–Kier alpha value is -1.95. The van der Waals surface area contributed by atoms with Crippen LogP contribution in [0.1, 0.15) is 31.9 Å². The first-order chi connectivity index (χ1) is 16.0. The topological polar surface area (TPSA) is 87.0 Å². The number of carbonyl (C=O) groups is 1. The van der Waals surface area contributed by atoms with Crippen molar-refractivity contribution in [2.75, 3.05) is 6.61 Å². The molecule has 0 bridgehead atoms. The van der Waals surface area contributed by atoms with E-state index in [-0.39, 0.29) is 45.9 Å². The molecule has 0 fully saturated rings. The summed E-state index contributed by atoms with van der Waals surface area (Å²) in [5.41, 5.74) is -1.02. The Kier molecular flexibility index (Phi) is 18.4. The van der Waals surface area contributed by atoms with E-state index in [1.807, 2.05) is 0 Å². The third-order valence-electron chi connectivity index (χ3n) is 4.48. The molecule has 3 N–H and O–H groups in total.